The van der Waals surface area contributed by atoms with Crippen LogP contribution in [0.25, 0.3) is 0 Å². The molecule has 0 heterocycles. The highest BCUT2D eigenvalue weighted by Crippen LogP contribution is 2.29. The van der Waals surface area contributed by atoms with Crippen molar-refractivity contribution in [1.82, 2.24) is 0 Å². The summed E-state index contributed by atoms with van der Waals surface area (Å²) < 4.78 is 54.9. The molecule has 0 aliphatic rings. The Morgan fingerprint density at radius 1 is 1.26 bits per heavy atom. The molecular formula is C13H17F4NO. The van der Waals surface area contributed by atoms with Crippen molar-refractivity contribution >= 4 is 0 Å². The third kappa shape index (κ3) is 4.18. The van der Waals surface area contributed by atoms with Gasteiger partial charge in [0.05, 0.1) is 6.10 Å². The molecule has 0 radical (unpaired) electrons. The number of halogens is 4. The van der Waals surface area contributed by atoms with Gasteiger partial charge in [0.2, 0.25) is 0 Å². The van der Waals surface area contributed by atoms with Crippen LogP contribution >= 0.6 is 0 Å². The lowest BCUT2D eigenvalue weighted by Gasteiger charge is -2.26. The van der Waals surface area contributed by atoms with Crippen molar-refractivity contribution < 1.29 is 22.3 Å². The number of ether oxygens (including phenoxy) is 1. The van der Waals surface area contributed by atoms with Crippen LogP contribution in [0.5, 0.6) is 0 Å². The summed E-state index contributed by atoms with van der Waals surface area (Å²) in [6.07, 6.45) is -4.59. The number of aryl methyl sites for hydroxylation is 1. The first-order valence-electron chi connectivity index (χ1n) is 5.84. The fraction of sp³-hybridized carbons (Fsp3) is 0.538. The van der Waals surface area contributed by atoms with Gasteiger partial charge in [0, 0.05) is 6.04 Å². The van der Waals surface area contributed by atoms with Crippen molar-refractivity contribution in [2.75, 3.05) is 6.61 Å². The zero-order chi connectivity index (χ0) is 14.6. The van der Waals surface area contributed by atoms with Gasteiger partial charge in [-0.1, -0.05) is 24.3 Å². The van der Waals surface area contributed by atoms with E-state index in [9.17, 15) is 17.6 Å². The van der Waals surface area contributed by atoms with E-state index in [1.165, 1.54) is 0 Å². The minimum absolute atomic E-state index is 0.588. The predicted octanol–water partition coefficient (Wildman–Crippen LogP) is 3.30. The summed E-state index contributed by atoms with van der Waals surface area (Å²) in [5.74, 6) is -4.17. The SMILES string of the molecule is Cc1ccccc1C(OCC(F)(F)C(F)F)C(C)N. The molecule has 2 unspecified atom stereocenters. The molecule has 2 atom stereocenters. The van der Waals surface area contributed by atoms with Crippen molar-refractivity contribution in [3.63, 3.8) is 0 Å². The normalized spacial score (nSPS) is 15.6. The summed E-state index contributed by atoms with van der Waals surface area (Å²) in [4.78, 5) is 0. The third-order valence-electron chi connectivity index (χ3n) is 2.75. The Morgan fingerprint density at radius 2 is 1.84 bits per heavy atom. The van der Waals surface area contributed by atoms with E-state index in [1.54, 1.807) is 38.1 Å². The van der Waals surface area contributed by atoms with Gasteiger partial charge in [-0.3, -0.25) is 0 Å². The zero-order valence-electron chi connectivity index (χ0n) is 10.7. The number of hydrogen-bond acceptors (Lipinski definition) is 2. The van der Waals surface area contributed by atoms with Gasteiger partial charge in [0.25, 0.3) is 0 Å². The summed E-state index contributed by atoms with van der Waals surface area (Å²) >= 11 is 0. The van der Waals surface area contributed by atoms with Crippen LogP contribution in [0.2, 0.25) is 0 Å². The molecule has 19 heavy (non-hydrogen) atoms. The molecule has 0 saturated carbocycles. The van der Waals surface area contributed by atoms with E-state index in [0.717, 1.165) is 5.56 Å². The Bertz CT molecular complexity index is 409. The Kier molecular flexibility index (Phi) is 5.31. The molecule has 0 amide bonds. The Balaban J connectivity index is 2.84. The molecular weight excluding hydrogens is 262 g/mol. The number of benzene rings is 1. The Morgan fingerprint density at radius 3 is 2.32 bits per heavy atom. The number of rotatable bonds is 6. The number of hydrogen-bond donors (Lipinski definition) is 1. The van der Waals surface area contributed by atoms with Crippen molar-refractivity contribution in [3.8, 4) is 0 Å². The lowest BCUT2D eigenvalue weighted by molar-refractivity contribution is -0.178. The fourth-order valence-corrected chi connectivity index (χ4v) is 1.69. The molecule has 1 rings (SSSR count). The molecule has 2 nitrogen and oxygen atoms in total. The van der Waals surface area contributed by atoms with Crippen LogP contribution < -0.4 is 5.73 Å². The largest absolute Gasteiger partial charge is 0.365 e. The van der Waals surface area contributed by atoms with Gasteiger partial charge >= 0.3 is 12.3 Å². The van der Waals surface area contributed by atoms with Gasteiger partial charge < -0.3 is 10.5 Å². The van der Waals surface area contributed by atoms with Crippen LogP contribution in [0.1, 0.15) is 24.2 Å². The van der Waals surface area contributed by atoms with E-state index in [2.05, 4.69) is 0 Å². The number of nitrogens with two attached hydrogens (primary N) is 1. The highest BCUT2D eigenvalue weighted by atomic mass is 19.3. The van der Waals surface area contributed by atoms with Gasteiger partial charge in [0.15, 0.2) is 0 Å². The first kappa shape index (κ1) is 15.9. The molecule has 0 aromatic heterocycles. The average Bonchev–Trinajstić information content (AvgIpc) is 2.30. The molecule has 0 aliphatic heterocycles. The summed E-state index contributed by atoms with van der Waals surface area (Å²) in [5.41, 5.74) is 7.12. The van der Waals surface area contributed by atoms with Crippen molar-refractivity contribution in [2.45, 2.75) is 38.3 Å². The second kappa shape index (κ2) is 6.34. The summed E-state index contributed by atoms with van der Waals surface area (Å²) in [5, 5.41) is 0. The van der Waals surface area contributed by atoms with Gasteiger partial charge in [-0.15, -0.1) is 0 Å². The molecule has 0 spiro atoms. The van der Waals surface area contributed by atoms with Crippen LogP contribution in [-0.4, -0.2) is 25.0 Å². The number of alkyl halides is 4. The smallest absolute Gasteiger partial charge is 0.330 e. The maximum atomic E-state index is 12.9. The quantitative estimate of drug-likeness (QED) is 0.811. The first-order chi connectivity index (χ1) is 8.75. The standard InChI is InChI=1S/C13H17F4NO/c1-8-5-3-4-6-10(8)11(9(2)18)19-7-13(16,17)12(14)15/h3-6,9,11-12H,7,18H2,1-2H3. The predicted molar refractivity (Wildman–Crippen MR) is 64.5 cm³/mol. The molecule has 1 aromatic carbocycles. The highest BCUT2D eigenvalue weighted by Gasteiger charge is 2.42. The molecule has 0 aliphatic carbocycles. The van der Waals surface area contributed by atoms with Crippen LogP contribution in [0.3, 0.4) is 0 Å². The molecule has 0 saturated heterocycles. The van der Waals surface area contributed by atoms with E-state index < -0.39 is 31.1 Å². The lowest BCUT2D eigenvalue weighted by Crippen LogP contribution is -2.36. The molecule has 6 heteroatoms. The molecule has 1 aromatic rings. The minimum Gasteiger partial charge on any atom is -0.365 e. The van der Waals surface area contributed by atoms with Crippen LogP contribution in [0, 0.1) is 6.92 Å². The second-order valence-corrected chi connectivity index (χ2v) is 4.51. The van der Waals surface area contributed by atoms with Gasteiger partial charge in [0.1, 0.15) is 6.61 Å². The summed E-state index contributed by atoms with van der Waals surface area (Å²) in [7, 11) is 0. The van der Waals surface area contributed by atoms with Crippen LogP contribution in [0.15, 0.2) is 24.3 Å². The average molecular weight is 279 g/mol. The summed E-state index contributed by atoms with van der Waals surface area (Å²) in [6.45, 7) is 2.00. The van der Waals surface area contributed by atoms with E-state index in [0.29, 0.717) is 5.56 Å². The van der Waals surface area contributed by atoms with Crippen LogP contribution in [-0.2, 0) is 4.74 Å². The molecule has 0 bridgehead atoms. The zero-order valence-corrected chi connectivity index (χ0v) is 10.7. The highest BCUT2D eigenvalue weighted by molar-refractivity contribution is 5.28. The molecule has 2 N–H and O–H groups in total. The minimum atomic E-state index is -4.17. The van der Waals surface area contributed by atoms with E-state index >= 15 is 0 Å². The van der Waals surface area contributed by atoms with Gasteiger partial charge in [-0.2, -0.15) is 8.78 Å². The van der Waals surface area contributed by atoms with Crippen molar-refractivity contribution in [2.24, 2.45) is 5.73 Å². The Hall–Kier alpha value is -1.14. The lowest BCUT2D eigenvalue weighted by atomic mass is 9.99. The monoisotopic (exact) mass is 279 g/mol. The van der Waals surface area contributed by atoms with Crippen LogP contribution in [0.4, 0.5) is 17.6 Å². The molecule has 0 fully saturated rings. The Labute approximate surface area is 109 Å². The topological polar surface area (TPSA) is 35.2 Å². The maximum Gasteiger partial charge on any atom is 0.330 e. The first-order valence-corrected chi connectivity index (χ1v) is 5.84. The van der Waals surface area contributed by atoms with Gasteiger partial charge in [-0.05, 0) is 25.0 Å². The fourth-order valence-electron chi connectivity index (χ4n) is 1.69. The van der Waals surface area contributed by atoms with E-state index in [1.807, 2.05) is 0 Å². The van der Waals surface area contributed by atoms with Crippen molar-refractivity contribution in [3.05, 3.63) is 35.4 Å². The van der Waals surface area contributed by atoms with Gasteiger partial charge in [-0.25, -0.2) is 8.78 Å². The molecule has 108 valence electrons. The van der Waals surface area contributed by atoms with E-state index in [-0.39, 0.29) is 0 Å². The summed E-state index contributed by atoms with van der Waals surface area (Å²) in [6, 6.07) is 6.37. The third-order valence-corrected chi connectivity index (χ3v) is 2.75. The maximum absolute atomic E-state index is 12.9. The van der Waals surface area contributed by atoms with Crippen molar-refractivity contribution in [1.29, 1.82) is 0 Å². The second-order valence-electron chi connectivity index (χ2n) is 4.51. The van der Waals surface area contributed by atoms with E-state index in [4.69, 9.17) is 10.5 Å².